The average Bonchev–Trinajstić information content (AvgIpc) is 2.54. The van der Waals surface area contributed by atoms with Gasteiger partial charge in [0.2, 0.25) is 0 Å². The molecule has 0 aliphatic carbocycles. The number of amides is 1. The third kappa shape index (κ3) is 3.54. The minimum atomic E-state index is -0.232. The fourth-order valence-corrected chi connectivity index (χ4v) is 2.90. The Morgan fingerprint density at radius 1 is 1.22 bits per heavy atom. The molecule has 0 radical (unpaired) electrons. The van der Waals surface area contributed by atoms with Gasteiger partial charge in [-0.2, -0.15) is 0 Å². The van der Waals surface area contributed by atoms with Gasteiger partial charge in [-0.15, -0.1) is 0 Å². The first-order chi connectivity index (χ1) is 11.0. The van der Waals surface area contributed by atoms with E-state index in [0.717, 1.165) is 5.75 Å². The molecule has 1 aliphatic heterocycles. The third-order valence-electron chi connectivity index (χ3n) is 3.55. The van der Waals surface area contributed by atoms with Crippen molar-refractivity contribution in [1.29, 1.82) is 0 Å². The molecule has 1 aliphatic rings. The number of likely N-dealkylation sites (N-methyl/N-ethyl adjacent to an activating group) is 1. The standard InChI is InChI=1S/C17H15Cl2NO3/c1-20(17(21)13-7-6-11(18)8-14(13)19)9-12-10-22-15-4-2-3-5-16(15)23-12/h2-8,12H,9-10H2,1H3/t12-/m1/s1. The van der Waals surface area contributed by atoms with E-state index in [2.05, 4.69) is 0 Å². The summed E-state index contributed by atoms with van der Waals surface area (Å²) < 4.78 is 11.5. The number of benzene rings is 2. The number of fused-ring (bicyclic) bond motifs is 1. The molecule has 2 aromatic carbocycles. The minimum absolute atomic E-state index is 0.186. The van der Waals surface area contributed by atoms with Crippen LogP contribution < -0.4 is 9.47 Å². The van der Waals surface area contributed by atoms with Gasteiger partial charge in [-0.3, -0.25) is 4.79 Å². The lowest BCUT2D eigenvalue weighted by molar-refractivity contribution is 0.0521. The first-order valence-electron chi connectivity index (χ1n) is 7.13. The van der Waals surface area contributed by atoms with Gasteiger partial charge in [-0.25, -0.2) is 0 Å². The summed E-state index contributed by atoms with van der Waals surface area (Å²) in [5.41, 5.74) is 0.413. The minimum Gasteiger partial charge on any atom is -0.486 e. The van der Waals surface area contributed by atoms with Crippen LogP contribution in [0.2, 0.25) is 10.0 Å². The summed E-state index contributed by atoms with van der Waals surface area (Å²) in [5.74, 6) is 1.22. The van der Waals surface area contributed by atoms with Crippen LogP contribution in [0.5, 0.6) is 11.5 Å². The van der Waals surface area contributed by atoms with Crippen LogP contribution in [-0.2, 0) is 0 Å². The molecule has 0 bridgehead atoms. The van der Waals surface area contributed by atoms with Crippen molar-refractivity contribution >= 4 is 29.1 Å². The lowest BCUT2D eigenvalue weighted by Crippen LogP contribution is -2.41. The second kappa shape index (κ2) is 6.69. The van der Waals surface area contributed by atoms with Crippen LogP contribution in [0.4, 0.5) is 0 Å². The Hall–Kier alpha value is -1.91. The van der Waals surface area contributed by atoms with Gasteiger partial charge in [-0.1, -0.05) is 35.3 Å². The zero-order valence-corrected chi connectivity index (χ0v) is 14.0. The van der Waals surface area contributed by atoms with Gasteiger partial charge in [0, 0.05) is 12.1 Å². The van der Waals surface area contributed by atoms with Gasteiger partial charge in [0.1, 0.15) is 6.61 Å². The number of rotatable bonds is 3. The lowest BCUT2D eigenvalue weighted by atomic mass is 10.2. The fourth-order valence-electron chi connectivity index (χ4n) is 2.41. The second-order valence-electron chi connectivity index (χ2n) is 5.31. The molecule has 23 heavy (non-hydrogen) atoms. The highest BCUT2D eigenvalue weighted by molar-refractivity contribution is 6.36. The summed E-state index contributed by atoms with van der Waals surface area (Å²) in [6, 6.07) is 12.3. The average molecular weight is 352 g/mol. The van der Waals surface area contributed by atoms with Gasteiger partial charge < -0.3 is 14.4 Å². The molecule has 0 unspecified atom stereocenters. The molecule has 0 fully saturated rings. The summed E-state index contributed by atoms with van der Waals surface area (Å²) in [6.07, 6.45) is -0.232. The van der Waals surface area contributed by atoms with Crippen molar-refractivity contribution in [2.75, 3.05) is 20.2 Å². The molecule has 6 heteroatoms. The molecule has 4 nitrogen and oxygen atoms in total. The number of hydrogen-bond donors (Lipinski definition) is 0. The molecular weight excluding hydrogens is 337 g/mol. The van der Waals surface area contributed by atoms with Crippen molar-refractivity contribution in [1.82, 2.24) is 4.90 Å². The van der Waals surface area contributed by atoms with Crippen LogP contribution in [0.3, 0.4) is 0 Å². The molecule has 120 valence electrons. The number of nitrogens with zero attached hydrogens (tertiary/aromatic N) is 1. The second-order valence-corrected chi connectivity index (χ2v) is 6.15. The van der Waals surface area contributed by atoms with E-state index >= 15 is 0 Å². The van der Waals surface area contributed by atoms with Crippen molar-refractivity contribution in [2.24, 2.45) is 0 Å². The van der Waals surface area contributed by atoms with Gasteiger partial charge >= 0.3 is 0 Å². The van der Waals surface area contributed by atoms with Gasteiger partial charge in [-0.05, 0) is 30.3 Å². The molecule has 0 aromatic heterocycles. The molecule has 1 amide bonds. The van der Waals surface area contributed by atoms with E-state index in [9.17, 15) is 4.79 Å². The first-order valence-corrected chi connectivity index (χ1v) is 7.89. The van der Waals surface area contributed by atoms with E-state index < -0.39 is 0 Å². The number of ether oxygens (including phenoxy) is 2. The molecular formula is C17H15Cl2NO3. The van der Waals surface area contributed by atoms with Gasteiger partial charge in [0.15, 0.2) is 17.6 Å². The van der Waals surface area contributed by atoms with E-state index in [-0.39, 0.29) is 12.0 Å². The van der Waals surface area contributed by atoms with Crippen molar-refractivity contribution in [3.8, 4) is 11.5 Å². The van der Waals surface area contributed by atoms with Crippen LogP contribution in [0.15, 0.2) is 42.5 Å². The highest BCUT2D eigenvalue weighted by Gasteiger charge is 2.24. The van der Waals surface area contributed by atoms with E-state index in [1.807, 2.05) is 24.3 Å². The third-order valence-corrected chi connectivity index (χ3v) is 4.10. The highest BCUT2D eigenvalue weighted by atomic mass is 35.5. The van der Waals surface area contributed by atoms with E-state index in [0.29, 0.717) is 34.5 Å². The van der Waals surface area contributed by atoms with Crippen LogP contribution in [0, 0.1) is 0 Å². The largest absolute Gasteiger partial charge is 0.486 e. The molecule has 2 aromatic rings. The zero-order chi connectivity index (χ0) is 16.4. The monoisotopic (exact) mass is 351 g/mol. The number of halogens is 2. The van der Waals surface area contributed by atoms with Crippen molar-refractivity contribution in [3.05, 3.63) is 58.1 Å². The molecule has 0 saturated heterocycles. The summed E-state index contributed by atoms with van der Waals surface area (Å²) in [4.78, 5) is 14.1. The molecule has 3 rings (SSSR count). The Balaban J connectivity index is 1.67. The summed E-state index contributed by atoms with van der Waals surface area (Å²) in [6.45, 7) is 0.787. The molecule has 0 N–H and O–H groups in total. The molecule has 0 spiro atoms. The van der Waals surface area contributed by atoms with Gasteiger partial charge in [0.25, 0.3) is 5.91 Å². The Bertz CT molecular complexity index is 736. The summed E-state index contributed by atoms with van der Waals surface area (Å²) >= 11 is 11.9. The number of carbonyl (C=O) groups excluding carboxylic acids is 1. The SMILES string of the molecule is CN(C[C@@H]1COc2ccccc2O1)C(=O)c1ccc(Cl)cc1Cl. The zero-order valence-electron chi connectivity index (χ0n) is 12.5. The van der Waals surface area contributed by atoms with Crippen LogP contribution >= 0.6 is 23.2 Å². The molecule has 1 heterocycles. The quantitative estimate of drug-likeness (QED) is 0.841. The predicted octanol–water partition coefficient (Wildman–Crippen LogP) is 3.91. The Kier molecular flexibility index (Phi) is 4.64. The Labute approximate surface area is 144 Å². The van der Waals surface area contributed by atoms with Crippen molar-refractivity contribution in [3.63, 3.8) is 0 Å². The maximum Gasteiger partial charge on any atom is 0.255 e. The van der Waals surface area contributed by atoms with Crippen LogP contribution in [0.25, 0.3) is 0 Å². The highest BCUT2D eigenvalue weighted by Crippen LogP contribution is 2.31. The summed E-state index contributed by atoms with van der Waals surface area (Å²) in [7, 11) is 1.71. The van der Waals surface area contributed by atoms with Crippen molar-refractivity contribution < 1.29 is 14.3 Å². The lowest BCUT2D eigenvalue weighted by Gasteiger charge is -2.29. The van der Waals surface area contributed by atoms with E-state index in [1.54, 1.807) is 30.1 Å². The number of para-hydroxylation sites is 2. The summed E-state index contributed by atoms with van der Waals surface area (Å²) in [5, 5.41) is 0.829. The number of hydrogen-bond acceptors (Lipinski definition) is 3. The van der Waals surface area contributed by atoms with E-state index in [1.165, 1.54) is 0 Å². The topological polar surface area (TPSA) is 38.8 Å². The fraction of sp³-hybridized carbons (Fsp3) is 0.235. The predicted molar refractivity (Wildman–Crippen MR) is 89.8 cm³/mol. The number of carbonyl (C=O) groups is 1. The maximum absolute atomic E-state index is 12.5. The van der Waals surface area contributed by atoms with Crippen molar-refractivity contribution in [2.45, 2.75) is 6.10 Å². The van der Waals surface area contributed by atoms with E-state index in [4.69, 9.17) is 32.7 Å². The Morgan fingerprint density at radius 3 is 2.70 bits per heavy atom. The molecule has 1 atom stereocenters. The normalized spacial score (nSPS) is 16.0. The van der Waals surface area contributed by atoms with Crippen LogP contribution in [-0.4, -0.2) is 37.1 Å². The smallest absolute Gasteiger partial charge is 0.255 e. The van der Waals surface area contributed by atoms with Crippen LogP contribution in [0.1, 0.15) is 10.4 Å². The molecule has 0 saturated carbocycles. The Morgan fingerprint density at radius 2 is 1.96 bits per heavy atom. The maximum atomic E-state index is 12.5. The van der Waals surface area contributed by atoms with Gasteiger partial charge in [0.05, 0.1) is 17.1 Å². The first kappa shape index (κ1) is 16.0.